The van der Waals surface area contributed by atoms with Gasteiger partial charge in [0.2, 0.25) is 0 Å². The number of amidine groups is 1. The second-order valence-corrected chi connectivity index (χ2v) is 9.20. The largest absolute Gasteiger partial charge is 0.466 e. The van der Waals surface area contributed by atoms with E-state index < -0.39 is 0 Å². The second-order valence-electron chi connectivity index (χ2n) is 8.20. The molecule has 0 radical (unpaired) electrons. The van der Waals surface area contributed by atoms with E-state index in [1.54, 1.807) is 0 Å². The molecule has 1 aromatic rings. The molecule has 1 saturated heterocycles. The number of ether oxygens (including phenoxy) is 1. The van der Waals surface area contributed by atoms with Crippen molar-refractivity contribution in [3.63, 3.8) is 0 Å². The van der Waals surface area contributed by atoms with Crippen LogP contribution in [0.2, 0.25) is 0 Å². The molecular weight excluding hydrogens is 372 g/mol. The molecule has 0 atom stereocenters. The average Bonchev–Trinajstić information content (AvgIpc) is 3.02. The lowest BCUT2D eigenvalue weighted by atomic mass is 9.87. The maximum absolute atomic E-state index is 12.3. The van der Waals surface area contributed by atoms with Gasteiger partial charge in [-0.25, -0.2) is 0 Å². The van der Waals surface area contributed by atoms with Crippen LogP contribution in [0.1, 0.15) is 51.7 Å². The van der Waals surface area contributed by atoms with Crippen molar-refractivity contribution < 1.29 is 14.3 Å². The van der Waals surface area contributed by atoms with Crippen LogP contribution in [0.5, 0.6) is 0 Å². The van der Waals surface area contributed by atoms with E-state index in [4.69, 9.17) is 4.74 Å². The van der Waals surface area contributed by atoms with Gasteiger partial charge >= 0.3 is 5.97 Å². The highest BCUT2D eigenvalue weighted by Gasteiger charge is 2.31. The Morgan fingerprint density at radius 2 is 1.89 bits per heavy atom. The molecule has 2 aliphatic heterocycles. The smallest absolute Gasteiger partial charge is 0.309 e. The fourth-order valence-electron chi connectivity index (χ4n) is 3.33. The third-order valence-corrected chi connectivity index (χ3v) is 6.11. The summed E-state index contributed by atoms with van der Waals surface area (Å²) in [6.07, 6.45) is 3.38. The van der Waals surface area contributed by atoms with Crippen LogP contribution < -0.4 is 0 Å². The summed E-state index contributed by atoms with van der Waals surface area (Å²) in [5.74, 6) is -0.346. The number of amides is 1. The van der Waals surface area contributed by atoms with E-state index >= 15 is 0 Å². The van der Waals surface area contributed by atoms with Crippen molar-refractivity contribution in [1.82, 2.24) is 4.90 Å². The molecule has 0 bridgehead atoms. The highest BCUT2D eigenvalue weighted by Crippen LogP contribution is 2.32. The Bertz CT molecular complexity index is 798. The minimum Gasteiger partial charge on any atom is -0.466 e. The fourth-order valence-corrected chi connectivity index (χ4v) is 4.30. The summed E-state index contributed by atoms with van der Waals surface area (Å²) in [6, 6.07) is 8.31. The molecule has 0 aromatic heterocycles. The van der Waals surface area contributed by atoms with Gasteiger partial charge in [0.1, 0.15) is 0 Å². The van der Waals surface area contributed by atoms with Crippen molar-refractivity contribution in [3.05, 3.63) is 40.3 Å². The van der Waals surface area contributed by atoms with Crippen molar-refractivity contribution in [3.8, 4) is 0 Å². The summed E-state index contributed by atoms with van der Waals surface area (Å²) in [7, 11) is 0. The molecule has 5 nitrogen and oxygen atoms in total. The van der Waals surface area contributed by atoms with Gasteiger partial charge in [0, 0.05) is 13.1 Å². The van der Waals surface area contributed by atoms with Gasteiger partial charge in [-0.05, 0) is 54.1 Å². The monoisotopic (exact) mass is 400 g/mol. The van der Waals surface area contributed by atoms with Gasteiger partial charge in [0.05, 0.1) is 17.4 Å². The molecular formula is C22H28N2O3S. The molecule has 1 aromatic carbocycles. The number of benzene rings is 1. The number of carbonyl (C=O) groups excluding carboxylic acids is 2. The number of thioether (sulfide) groups is 1. The quantitative estimate of drug-likeness (QED) is 0.561. The third-order valence-electron chi connectivity index (χ3n) is 5.07. The average molecular weight is 401 g/mol. The van der Waals surface area contributed by atoms with Crippen LogP contribution in [0, 0.1) is 5.92 Å². The summed E-state index contributed by atoms with van der Waals surface area (Å²) < 4.78 is 5.12. The maximum Gasteiger partial charge on any atom is 0.309 e. The van der Waals surface area contributed by atoms with Crippen LogP contribution in [0.25, 0.3) is 6.08 Å². The molecule has 0 unspecified atom stereocenters. The Balaban J connectivity index is 1.61. The lowest BCUT2D eigenvalue weighted by molar-refractivity contribution is -0.149. The Kier molecular flexibility index (Phi) is 6.28. The SMILES string of the molecule is CCOC(=O)C1CCN(C2=NC(=O)/C(=C/c3ccc(C(C)(C)C)cc3)S2)CC1. The fraction of sp³-hybridized carbons (Fsp3) is 0.500. The van der Waals surface area contributed by atoms with E-state index in [0.717, 1.165) is 36.7 Å². The predicted molar refractivity (Wildman–Crippen MR) is 114 cm³/mol. The lowest BCUT2D eigenvalue weighted by Crippen LogP contribution is -2.39. The first-order valence-electron chi connectivity index (χ1n) is 9.82. The normalized spacial score (nSPS) is 19.9. The van der Waals surface area contributed by atoms with Crippen molar-refractivity contribution in [2.45, 2.75) is 46.0 Å². The van der Waals surface area contributed by atoms with Crippen molar-refractivity contribution in [1.29, 1.82) is 0 Å². The number of rotatable bonds is 3. The molecule has 0 aliphatic carbocycles. The van der Waals surface area contributed by atoms with E-state index in [9.17, 15) is 9.59 Å². The van der Waals surface area contributed by atoms with Gasteiger partial charge in [0.15, 0.2) is 5.17 Å². The molecule has 6 heteroatoms. The van der Waals surface area contributed by atoms with Gasteiger partial charge in [-0.1, -0.05) is 45.0 Å². The first kappa shape index (κ1) is 20.6. The van der Waals surface area contributed by atoms with Crippen molar-refractivity contribution in [2.75, 3.05) is 19.7 Å². The predicted octanol–water partition coefficient (Wildman–Crippen LogP) is 4.23. The molecule has 3 rings (SSSR count). The molecule has 150 valence electrons. The van der Waals surface area contributed by atoms with Crippen LogP contribution in [0.4, 0.5) is 0 Å². The summed E-state index contributed by atoms with van der Waals surface area (Å²) in [5.41, 5.74) is 2.37. The van der Waals surface area contributed by atoms with Crippen LogP contribution in [0.15, 0.2) is 34.2 Å². The molecule has 2 heterocycles. The van der Waals surface area contributed by atoms with E-state index in [0.29, 0.717) is 11.5 Å². The van der Waals surface area contributed by atoms with Gasteiger partial charge in [-0.2, -0.15) is 4.99 Å². The minimum absolute atomic E-state index is 0.0461. The molecule has 0 saturated carbocycles. The minimum atomic E-state index is -0.188. The Morgan fingerprint density at radius 3 is 2.46 bits per heavy atom. The van der Waals surface area contributed by atoms with Crippen molar-refractivity contribution in [2.24, 2.45) is 10.9 Å². The number of hydrogen-bond donors (Lipinski definition) is 0. The highest BCUT2D eigenvalue weighted by molar-refractivity contribution is 8.18. The number of likely N-dealkylation sites (tertiary alicyclic amines) is 1. The Hall–Kier alpha value is -2.08. The van der Waals surface area contributed by atoms with E-state index in [-0.39, 0.29) is 23.2 Å². The number of piperidine rings is 1. The van der Waals surface area contributed by atoms with Gasteiger partial charge in [-0.15, -0.1) is 0 Å². The number of esters is 1. The van der Waals surface area contributed by atoms with Crippen LogP contribution in [0.3, 0.4) is 0 Å². The van der Waals surface area contributed by atoms with Gasteiger partial charge in [-0.3, -0.25) is 9.59 Å². The standard InChI is InChI=1S/C22H28N2O3S/c1-5-27-20(26)16-10-12-24(13-11-16)21-23-19(25)18(28-21)14-15-6-8-17(9-7-15)22(2,3)4/h6-9,14,16H,5,10-13H2,1-4H3/b18-14-. The Labute approximate surface area is 171 Å². The topological polar surface area (TPSA) is 59.0 Å². The zero-order chi connectivity index (χ0) is 20.3. The summed E-state index contributed by atoms with van der Waals surface area (Å²) in [4.78, 5) is 31.2. The van der Waals surface area contributed by atoms with Crippen LogP contribution >= 0.6 is 11.8 Å². The molecule has 28 heavy (non-hydrogen) atoms. The first-order chi connectivity index (χ1) is 13.3. The molecule has 1 amide bonds. The first-order valence-corrected chi connectivity index (χ1v) is 10.6. The van der Waals surface area contributed by atoms with E-state index in [2.05, 4.69) is 42.8 Å². The zero-order valence-corrected chi connectivity index (χ0v) is 17.8. The van der Waals surface area contributed by atoms with Gasteiger partial charge in [0.25, 0.3) is 5.91 Å². The highest BCUT2D eigenvalue weighted by atomic mass is 32.2. The summed E-state index contributed by atoms with van der Waals surface area (Å²) in [6.45, 7) is 10.2. The number of hydrogen-bond acceptors (Lipinski definition) is 5. The zero-order valence-electron chi connectivity index (χ0n) is 17.0. The molecule has 0 N–H and O–H groups in total. The lowest BCUT2D eigenvalue weighted by Gasteiger charge is -2.31. The number of carbonyl (C=O) groups is 2. The van der Waals surface area contributed by atoms with Gasteiger partial charge < -0.3 is 9.64 Å². The second kappa shape index (κ2) is 8.52. The number of nitrogens with zero attached hydrogens (tertiary/aromatic N) is 2. The Morgan fingerprint density at radius 1 is 1.25 bits per heavy atom. The molecule has 1 fully saturated rings. The third kappa shape index (κ3) is 4.85. The van der Waals surface area contributed by atoms with Crippen LogP contribution in [-0.2, 0) is 19.7 Å². The summed E-state index contributed by atoms with van der Waals surface area (Å²) >= 11 is 1.42. The molecule has 0 spiro atoms. The van der Waals surface area contributed by atoms with E-state index in [1.165, 1.54) is 17.3 Å². The molecule has 2 aliphatic rings. The number of aliphatic imine (C=N–C) groups is 1. The van der Waals surface area contributed by atoms with E-state index in [1.807, 2.05) is 25.1 Å². The van der Waals surface area contributed by atoms with Crippen LogP contribution in [-0.4, -0.2) is 41.6 Å². The maximum atomic E-state index is 12.3. The van der Waals surface area contributed by atoms with Crippen molar-refractivity contribution >= 4 is 34.9 Å². The summed E-state index contributed by atoms with van der Waals surface area (Å²) in [5, 5.41) is 0.741.